The second-order valence-electron chi connectivity index (χ2n) is 10.8. The van der Waals surface area contributed by atoms with Crippen LogP contribution in [0.1, 0.15) is 22.3 Å². The van der Waals surface area contributed by atoms with Crippen LogP contribution in [0.5, 0.6) is 23.0 Å². The molecule has 6 rings (SSSR count). The minimum absolute atomic E-state index is 0.0683. The third-order valence-corrected chi connectivity index (χ3v) is 7.17. The minimum atomic E-state index is 0.0683. The van der Waals surface area contributed by atoms with Crippen LogP contribution in [0, 0.1) is 27.7 Å². The monoisotopic (exact) mass is 610 g/mol. The number of aryl methyl sites for hydroxylation is 4. The van der Waals surface area contributed by atoms with Crippen molar-refractivity contribution in [3.63, 3.8) is 0 Å². The van der Waals surface area contributed by atoms with Crippen LogP contribution in [-0.4, -0.2) is 73.4 Å². The summed E-state index contributed by atoms with van der Waals surface area (Å²) in [7, 11) is 0. The molecular weight excluding hydrogens is 576 g/mol. The minimum Gasteiger partial charge on any atom is -0.505 e. The molecule has 0 aliphatic carbocycles. The van der Waals surface area contributed by atoms with Crippen LogP contribution in [0.15, 0.2) is 60.7 Å². The van der Waals surface area contributed by atoms with Gasteiger partial charge in [0.05, 0.1) is 13.2 Å². The van der Waals surface area contributed by atoms with Gasteiger partial charge in [0.25, 0.3) is 0 Å². The summed E-state index contributed by atoms with van der Waals surface area (Å²) in [5.74, 6) is 1.30. The Balaban J connectivity index is 0.956. The van der Waals surface area contributed by atoms with Gasteiger partial charge in [-0.15, -0.1) is 30.0 Å². The summed E-state index contributed by atoms with van der Waals surface area (Å²) in [6, 6.07) is 18.5. The molecule has 0 spiro atoms. The van der Waals surface area contributed by atoms with E-state index in [1.54, 1.807) is 38.1 Å². The van der Waals surface area contributed by atoms with Crippen molar-refractivity contribution in [2.45, 2.75) is 27.7 Å². The van der Waals surface area contributed by atoms with E-state index in [-0.39, 0.29) is 31.5 Å². The fraction of sp³-hybridized carbons (Fsp3) is 0.273. The standard InChI is InChI=1S/C33H34N6O6/c1-20-5-7-26-28(13-20)36-38(34-26)30-17-24(15-22(3)32(30)40)44-11-9-42-19-43-10-12-45-25-16-23(4)33(41)31(18-25)39-35-27-8-6-21(2)14-29(27)37-39/h5-8,13-18,40-41H,9-12,19H2,1-4H3. The molecule has 45 heavy (non-hydrogen) atoms. The van der Waals surface area contributed by atoms with Gasteiger partial charge >= 0.3 is 0 Å². The predicted molar refractivity (Wildman–Crippen MR) is 168 cm³/mol. The zero-order valence-corrected chi connectivity index (χ0v) is 25.5. The van der Waals surface area contributed by atoms with Crippen molar-refractivity contribution in [3.05, 3.63) is 82.9 Å². The van der Waals surface area contributed by atoms with Crippen molar-refractivity contribution in [3.8, 4) is 34.4 Å². The van der Waals surface area contributed by atoms with Crippen LogP contribution in [0.2, 0.25) is 0 Å². The third kappa shape index (κ3) is 6.66. The van der Waals surface area contributed by atoms with Crippen LogP contribution >= 0.6 is 0 Å². The Hall–Kier alpha value is -5.20. The topological polar surface area (TPSA) is 139 Å². The second-order valence-corrected chi connectivity index (χ2v) is 10.8. The van der Waals surface area contributed by atoms with Gasteiger partial charge in [-0.3, -0.25) is 0 Å². The van der Waals surface area contributed by atoms with E-state index in [1.165, 1.54) is 9.59 Å². The number of benzene rings is 4. The van der Waals surface area contributed by atoms with E-state index < -0.39 is 0 Å². The molecule has 0 amide bonds. The molecule has 0 aliphatic heterocycles. The van der Waals surface area contributed by atoms with Crippen LogP contribution < -0.4 is 9.47 Å². The van der Waals surface area contributed by atoms with Gasteiger partial charge in [0.1, 0.15) is 76.4 Å². The largest absolute Gasteiger partial charge is 0.505 e. The lowest BCUT2D eigenvalue weighted by atomic mass is 10.2. The first-order valence-corrected chi connectivity index (χ1v) is 14.5. The molecular formula is C33H34N6O6. The second kappa shape index (κ2) is 12.8. The fourth-order valence-electron chi connectivity index (χ4n) is 4.81. The average molecular weight is 611 g/mol. The number of ether oxygens (including phenoxy) is 4. The van der Waals surface area contributed by atoms with Gasteiger partial charge in [0.2, 0.25) is 0 Å². The SMILES string of the molecule is Cc1ccc2nn(-c3cc(OCCOCOCCOc4cc(C)c(O)c(-n5nc6ccc(C)cc6n5)c4)cc(C)c3O)nc2c1. The van der Waals surface area contributed by atoms with Crippen LogP contribution in [0.3, 0.4) is 0 Å². The lowest BCUT2D eigenvalue weighted by Crippen LogP contribution is -2.13. The smallest absolute Gasteiger partial charge is 0.147 e. The van der Waals surface area contributed by atoms with E-state index in [9.17, 15) is 10.2 Å². The molecule has 0 unspecified atom stereocenters. The van der Waals surface area contributed by atoms with Gasteiger partial charge < -0.3 is 29.2 Å². The lowest BCUT2D eigenvalue weighted by Gasteiger charge is -2.12. The molecule has 0 fully saturated rings. The van der Waals surface area contributed by atoms with Crippen molar-refractivity contribution in [1.82, 2.24) is 30.0 Å². The van der Waals surface area contributed by atoms with E-state index in [2.05, 4.69) is 20.4 Å². The Labute approximate surface area is 259 Å². The maximum Gasteiger partial charge on any atom is 0.147 e. The Bertz CT molecular complexity index is 1840. The number of aromatic hydroxyl groups is 2. The molecule has 0 saturated carbocycles. The van der Waals surface area contributed by atoms with Crippen LogP contribution in [0.4, 0.5) is 0 Å². The molecule has 0 atom stereocenters. The van der Waals surface area contributed by atoms with Crippen molar-refractivity contribution in [2.75, 3.05) is 33.2 Å². The van der Waals surface area contributed by atoms with E-state index in [4.69, 9.17) is 18.9 Å². The fourth-order valence-corrected chi connectivity index (χ4v) is 4.81. The molecule has 4 aromatic carbocycles. The maximum absolute atomic E-state index is 10.6. The van der Waals surface area contributed by atoms with E-state index >= 15 is 0 Å². The normalized spacial score (nSPS) is 11.5. The number of nitrogens with zero attached hydrogens (tertiary/aromatic N) is 6. The zero-order chi connectivity index (χ0) is 31.5. The number of hydrogen-bond donors (Lipinski definition) is 2. The van der Waals surface area contributed by atoms with Gasteiger partial charge in [-0.05, 0) is 86.3 Å². The van der Waals surface area contributed by atoms with Gasteiger partial charge in [-0.1, -0.05) is 12.1 Å². The lowest BCUT2D eigenvalue weighted by molar-refractivity contribution is -0.0662. The summed E-state index contributed by atoms with van der Waals surface area (Å²) in [5, 5.41) is 39.3. The maximum atomic E-state index is 10.6. The third-order valence-electron chi connectivity index (χ3n) is 7.17. The molecule has 2 heterocycles. The van der Waals surface area contributed by atoms with E-state index in [1.807, 2.05) is 50.2 Å². The van der Waals surface area contributed by atoms with E-state index in [0.717, 1.165) is 33.2 Å². The zero-order valence-electron chi connectivity index (χ0n) is 25.5. The highest BCUT2D eigenvalue weighted by Gasteiger charge is 2.15. The number of phenols is 2. The summed E-state index contributed by atoms with van der Waals surface area (Å²) in [5.41, 5.74) is 7.28. The quantitative estimate of drug-likeness (QED) is 0.140. The number of hydrogen-bond acceptors (Lipinski definition) is 10. The highest BCUT2D eigenvalue weighted by atomic mass is 16.7. The number of phenolic OH excluding ortho intramolecular Hbond substituents is 2. The van der Waals surface area contributed by atoms with Gasteiger partial charge in [-0.2, -0.15) is 0 Å². The van der Waals surface area contributed by atoms with Gasteiger partial charge in [0, 0.05) is 12.1 Å². The van der Waals surface area contributed by atoms with E-state index in [0.29, 0.717) is 47.2 Å². The Morgan fingerprint density at radius 1 is 0.533 bits per heavy atom. The first kappa shape index (κ1) is 29.9. The Kier molecular flexibility index (Phi) is 8.49. The van der Waals surface area contributed by atoms with Gasteiger partial charge in [0.15, 0.2) is 0 Å². The summed E-state index contributed by atoms with van der Waals surface area (Å²) in [6.45, 7) is 8.80. The molecule has 0 bridgehead atoms. The molecule has 0 saturated heterocycles. The van der Waals surface area contributed by atoms with Crippen molar-refractivity contribution < 1.29 is 29.2 Å². The molecule has 12 nitrogen and oxygen atoms in total. The van der Waals surface area contributed by atoms with Crippen molar-refractivity contribution in [2.24, 2.45) is 0 Å². The molecule has 0 aliphatic rings. The summed E-state index contributed by atoms with van der Waals surface area (Å²) in [4.78, 5) is 2.84. The first-order valence-electron chi connectivity index (χ1n) is 14.5. The summed E-state index contributed by atoms with van der Waals surface area (Å²) < 4.78 is 22.8. The molecule has 0 radical (unpaired) electrons. The molecule has 2 aromatic heterocycles. The van der Waals surface area contributed by atoms with Crippen LogP contribution in [-0.2, 0) is 9.47 Å². The molecule has 6 aromatic rings. The number of rotatable bonds is 12. The highest BCUT2D eigenvalue weighted by Crippen LogP contribution is 2.32. The first-order chi connectivity index (χ1) is 21.7. The van der Waals surface area contributed by atoms with Gasteiger partial charge in [-0.25, -0.2) is 0 Å². The van der Waals surface area contributed by atoms with Crippen molar-refractivity contribution >= 4 is 22.1 Å². The van der Waals surface area contributed by atoms with Crippen molar-refractivity contribution in [1.29, 1.82) is 0 Å². The molecule has 12 heteroatoms. The molecule has 232 valence electrons. The summed E-state index contributed by atoms with van der Waals surface area (Å²) >= 11 is 0. The number of fused-ring (bicyclic) bond motifs is 2. The Morgan fingerprint density at radius 3 is 1.40 bits per heavy atom. The predicted octanol–water partition coefficient (Wildman–Crippen LogP) is 5.25. The summed E-state index contributed by atoms with van der Waals surface area (Å²) in [6.07, 6.45) is 0. The highest BCUT2D eigenvalue weighted by molar-refractivity contribution is 5.75. The average Bonchev–Trinajstić information content (AvgIpc) is 3.63. The van der Waals surface area contributed by atoms with Crippen LogP contribution in [0.25, 0.3) is 33.4 Å². The Morgan fingerprint density at radius 2 is 0.956 bits per heavy atom. The molecule has 2 N–H and O–H groups in total. The number of aromatic nitrogens is 6.